The number of thioether (sulfide) groups is 1. The SMILES string of the molecule is Fc1cccc(-c2c(Br)cc(Br)cc2SC(F)(F)C(F)(F)C(F)(F)F)c1F. The van der Waals surface area contributed by atoms with Crippen LogP contribution in [0.3, 0.4) is 0 Å². The Bertz CT molecular complexity index is 865. The molecule has 0 N–H and O–H groups in total. The van der Waals surface area contributed by atoms with Crippen LogP contribution in [0.2, 0.25) is 0 Å². The molecule has 2 aromatic carbocycles. The maximum atomic E-state index is 14.1. The summed E-state index contributed by atoms with van der Waals surface area (Å²) in [5.74, 6) is -9.20. The molecule has 0 saturated heterocycles. The second-order valence-corrected chi connectivity index (χ2v) is 7.98. The maximum absolute atomic E-state index is 14.1. The third-order valence-electron chi connectivity index (χ3n) is 3.20. The van der Waals surface area contributed by atoms with Crippen LogP contribution < -0.4 is 0 Å². The molecular formula is C15H5Br2F9S. The quantitative estimate of drug-likeness (QED) is 0.276. The molecule has 0 nitrogen and oxygen atoms in total. The Balaban J connectivity index is 2.67. The van der Waals surface area contributed by atoms with E-state index in [0.717, 1.165) is 24.3 Å². The normalized spacial score (nSPS) is 13.1. The van der Waals surface area contributed by atoms with Gasteiger partial charge >= 0.3 is 17.4 Å². The second kappa shape index (κ2) is 7.51. The van der Waals surface area contributed by atoms with E-state index in [-0.39, 0.29) is 8.95 Å². The summed E-state index contributed by atoms with van der Waals surface area (Å²) in [4.78, 5) is -0.824. The number of hydrogen-bond donors (Lipinski definition) is 0. The monoisotopic (exact) mass is 546 g/mol. The van der Waals surface area contributed by atoms with Gasteiger partial charge in [0.2, 0.25) is 0 Å². The lowest BCUT2D eigenvalue weighted by molar-refractivity contribution is -0.330. The van der Waals surface area contributed by atoms with Crippen molar-refractivity contribution < 1.29 is 39.5 Å². The van der Waals surface area contributed by atoms with Crippen molar-refractivity contribution in [2.24, 2.45) is 0 Å². The molecule has 0 heterocycles. The molecule has 27 heavy (non-hydrogen) atoms. The summed E-state index contributed by atoms with van der Waals surface area (Å²) in [7, 11) is 0. The molecule has 0 fully saturated rings. The minimum atomic E-state index is -6.52. The van der Waals surface area contributed by atoms with Crippen LogP contribution in [-0.2, 0) is 0 Å². The molecule has 0 spiro atoms. The molecule has 0 unspecified atom stereocenters. The lowest BCUT2D eigenvalue weighted by Crippen LogP contribution is -2.49. The molecule has 0 amide bonds. The van der Waals surface area contributed by atoms with Gasteiger partial charge in [-0.05, 0) is 30.0 Å². The first-order chi connectivity index (χ1) is 12.2. The van der Waals surface area contributed by atoms with Crippen LogP contribution in [-0.4, -0.2) is 17.4 Å². The summed E-state index contributed by atoms with van der Waals surface area (Å²) in [5, 5.41) is -5.62. The number of halogens is 11. The molecule has 12 heteroatoms. The van der Waals surface area contributed by atoms with Gasteiger partial charge in [0.1, 0.15) is 0 Å². The fraction of sp³-hybridized carbons (Fsp3) is 0.200. The van der Waals surface area contributed by atoms with Gasteiger partial charge in [0.05, 0.1) is 0 Å². The van der Waals surface area contributed by atoms with Gasteiger partial charge in [0, 0.05) is 25.0 Å². The smallest absolute Gasteiger partial charge is 0.204 e. The van der Waals surface area contributed by atoms with E-state index in [4.69, 9.17) is 0 Å². The highest BCUT2D eigenvalue weighted by atomic mass is 79.9. The van der Waals surface area contributed by atoms with Gasteiger partial charge in [0.25, 0.3) is 0 Å². The van der Waals surface area contributed by atoms with Crippen molar-refractivity contribution in [3.8, 4) is 11.1 Å². The first-order valence-electron chi connectivity index (χ1n) is 6.64. The highest BCUT2D eigenvalue weighted by Gasteiger charge is 2.73. The Hall–Kier alpha value is -0.880. The first-order valence-corrected chi connectivity index (χ1v) is 9.04. The van der Waals surface area contributed by atoms with Crippen molar-refractivity contribution in [3.05, 3.63) is 50.9 Å². The Kier molecular flexibility index (Phi) is 6.23. The van der Waals surface area contributed by atoms with Crippen LogP contribution >= 0.6 is 43.6 Å². The highest BCUT2D eigenvalue weighted by Crippen LogP contribution is 2.56. The van der Waals surface area contributed by atoms with E-state index in [1.54, 1.807) is 0 Å². The van der Waals surface area contributed by atoms with Gasteiger partial charge in [0.15, 0.2) is 11.6 Å². The van der Waals surface area contributed by atoms with Crippen molar-refractivity contribution in [1.82, 2.24) is 0 Å². The van der Waals surface area contributed by atoms with E-state index in [1.165, 1.54) is 6.07 Å². The van der Waals surface area contributed by atoms with Crippen molar-refractivity contribution in [2.75, 3.05) is 0 Å². The topological polar surface area (TPSA) is 0 Å². The predicted octanol–water partition coefficient (Wildman–Crippen LogP) is 8.04. The average molecular weight is 548 g/mol. The fourth-order valence-electron chi connectivity index (χ4n) is 1.96. The van der Waals surface area contributed by atoms with E-state index in [9.17, 15) is 39.5 Å². The lowest BCUT2D eigenvalue weighted by Gasteiger charge is -2.28. The molecule has 0 aliphatic rings. The highest BCUT2D eigenvalue weighted by molar-refractivity contribution is 9.11. The van der Waals surface area contributed by atoms with Crippen LogP contribution in [0.25, 0.3) is 11.1 Å². The van der Waals surface area contributed by atoms with E-state index in [0.29, 0.717) is 0 Å². The summed E-state index contributed by atoms with van der Waals surface area (Å²) in [6.45, 7) is 0. The number of rotatable bonds is 4. The van der Waals surface area contributed by atoms with Gasteiger partial charge in [-0.3, -0.25) is 0 Å². The van der Waals surface area contributed by atoms with Crippen molar-refractivity contribution in [1.29, 1.82) is 0 Å². The maximum Gasteiger partial charge on any atom is 0.460 e. The minimum absolute atomic E-state index is 0.0311. The zero-order valence-electron chi connectivity index (χ0n) is 12.5. The molecule has 0 saturated carbocycles. The summed E-state index contributed by atoms with van der Waals surface area (Å²) >= 11 is 4.68. The average Bonchev–Trinajstić information content (AvgIpc) is 2.49. The molecule has 0 radical (unpaired) electrons. The molecule has 2 rings (SSSR count). The van der Waals surface area contributed by atoms with Crippen molar-refractivity contribution in [3.63, 3.8) is 0 Å². The Morgan fingerprint density at radius 3 is 2.00 bits per heavy atom. The van der Waals surface area contributed by atoms with Crippen molar-refractivity contribution >= 4 is 43.6 Å². The first kappa shape index (κ1) is 22.4. The lowest BCUT2D eigenvalue weighted by atomic mass is 10.0. The van der Waals surface area contributed by atoms with E-state index < -0.39 is 56.8 Å². The molecule has 0 aliphatic carbocycles. The van der Waals surface area contributed by atoms with Gasteiger partial charge < -0.3 is 0 Å². The molecular weight excluding hydrogens is 543 g/mol. The standard InChI is InChI=1S/C15H5Br2F9S/c16-6-4-8(17)11(7-2-1-3-9(18)12(7)19)10(5-6)27-15(25,26)13(20,21)14(22,23)24/h1-5H. The Morgan fingerprint density at radius 2 is 1.44 bits per heavy atom. The summed E-state index contributed by atoms with van der Waals surface area (Å²) in [6.07, 6.45) is -6.52. The van der Waals surface area contributed by atoms with Gasteiger partial charge in [-0.15, -0.1) is 0 Å². The van der Waals surface area contributed by atoms with Gasteiger partial charge in [-0.25, -0.2) is 8.78 Å². The molecule has 0 aliphatic heterocycles. The molecule has 0 atom stereocenters. The van der Waals surface area contributed by atoms with Gasteiger partial charge in [-0.1, -0.05) is 44.0 Å². The molecule has 0 bridgehead atoms. The van der Waals surface area contributed by atoms with Crippen LogP contribution in [0.1, 0.15) is 0 Å². The number of alkyl halides is 7. The predicted molar refractivity (Wildman–Crippen MR) is 89.0 cm³/mol. The molecule has 2 aromatic rings. The third kappa shape index (κ3) is 4.26. The Morgan fingerprint density at radius 1 is 0.852 bits per heavy atom. The number of hydrogen-bond acceptors (Lipinski definition) is 1. The van der Waals surface area contributed by atoms with E-state index in [1.807, 2.05) is 0 Å². The van der Waals surface area contributed by atoms with Crippen LogP contribution in [0.5, 0.6) is 0 Å². The summed E-state index contributed by atoms with van der Waals surface area (Å²) in [5.41, 5.74) is -1.10. The summed E-state index contributed by atoms with van der Waals surface area (Å²) in [6, 6.07) is 4.74. The Labute approximate surface area is 167 Å². The fourth-order valence-corrected chi connectivity index (χ4v) is 4.71. The zero-order valence-corrected chi connectivity index (χ0v) is 16.4. The van der Waals surface area contributed by atoms with Crippen molar-refractivity contribution in [2.45, 2.75) is 22.2 Å². The van der Waals surface area contributed by atoms with Crippen LogP contribution in [0.15, 0.2) is 44.2 Å². The molecule has 0 aromatic heterocycles. The van der Waals surface area contributed by atoms with Gasteiger partial charge in [-0.2, -0.15) is 30.7 Å². The van der Waals surface area contributed by atoms with Crippen LogP contribution in [0.4, 0.5) is 39.5 Å². The van der Waals surface area contributed by atoms with E-state index in [2.05, 4.69) is 31.9 Å². The zero-order chi connectivity index (χ0) is 20.8. The summed E-state index contributed by atoms with van der Waals surface area (Å²) < 4.78 is 119. The van der Waals surface area contributed by atoms with Crippen LogP contribution in [0, 0.1) is 11.6 Å². The van der Waals surface area contributed by atoms with E-state index >= 15 is 0 Å². The number of benzene rings is 2. The third-order valence-corrected chi connectivity index (χ3v) is 5.34. The second-order valence-electron chi connectivity index (χ2n) is 5.05. The molecule has 148 valence electrons. The largest absolute Gasteiger partial charge is 0.460 e. The minimum Gasteiger partial charge on any atom is -0.204 e.